The molecule has 2 atom stereocenters. The molecule has 0 aliphatic rings. The van der Waals surface area contributed by atoms with Gasteiger partial charge in [-0.2, -0.15) is 0 Å². The molecule has 1 aromatic rings. The van der Waals surface area contributed by atoms with Crippen LogP contribution in [0.5, 0.6) is 0 Å². The molecule has 0 bridgehead atoms. The largest absolute Gasteiger partial charge is 0.481 e. The van der Waals surface area contributed by atoms with Crippen LogP contribution in [0.2, 0.25) is 0 Å². The van der Waals surface area contributed by atoms with Gasteiger partial charge in [-0.1, -0.05) is 30.3 Å². The lowest BCUT2D eigenvalue weighted by Gasteiger charge is -2.18. The Labute approximate surface area is 122 Å². The highest BCUT2D eigenvalue weighted by Gasteiger charge is 2.25. The van der Waals surface area contributed by atoms with Crippen LogP contribution in [0.4, 0.5) is 0 Å². The molecule has 0 aliphatic heterocycles. The Morgan fingerprint density at radius 3 is 2.43 bits per heavy atom. The Morgan fingerprint density at radius 1 is 1.29 bits per heavy atom. The fourth-order valence-electron chi connectivity index (χ4n) is 1.74. The normalized spacial score (nSPS) is 13.0. The molecule has 114 valence electrons. The lowest BCUT2D eigenvalue weighted by Crippen LogP contribution is -2.50. The zero-order valence-electron chi connectivity index (χ0n) is 11.6. The van der Waals surface area contributed by atoms with Crippen LogP contribution in [0, 0.1) is 0 Å². The molecule has 1 aromatic carbocycles. The monoisotopic (exact) mass is 294 g/mol. The minimum Gasteiger partial charge on any atom is -0.481 e. The van der Waals surface area contributed by atoms with Crippen molar-refractivity contribution < 1.29 is 24.2 Å². The van der Waals surface area contributed by atoms with E-state index in [-0.39, 0.29) is 6.42 Å². The molecular weight excluding hydrogens is 276 g/mol. The first-order valence-electron chi connectivity index (χ1n) is 6.33. The Kier molecular flexibility index (Phi) is 6.35. The first-order chi connectivity index (χ1) is 9.93. The van der Waals surface area contributed by atoms with Crippen LogP contribution in [0.3, 0.4) is 0 Å². The number of rotatable bonds is 7. The number of carbonyl (C=O) groups excluding carboxylic acids is 2. The number of nitrogens with two attached hydrogens (primary N) is 1. The van der Waals surface area contributed by atoms with Crippen molar-refractivity contribution in [1.82, 2.24) is 5.32 Å². The van der Waals surface area contributed by atoms with Gasteiger partial charge in [-0.25, -0.2) is 4.79 Å². The summed E-state index contributed by atoms with van der Waals surface area (Å²) in [5.41, 5.74) is 6.29. The summed E-state index contributed by atoms with van der Waals surface area (Å²) in [5, 5.41) is 11.0. The summed E-state index contributed by atoms with van der Waals surface area (Å²) in [6.07, 6.45) is -0.274. The highest BCUT2D eigenvalue weighted by molar-refractivity contribution is 5.89. The molecule has 0 saturated carbocycles. The summed E-state index contributed by atoms with van der Waals surface area (Å²) >= 11 is 0. The van der Waals surface area contributed by atoms with Gasteiger partial charge in [0.05, 0.1) is 19.6 Å². The third kappa shape index (κ3) is 5.62. The molecule has 7 heteroatoms. The summed E-state index contributed by atoms with van der Waals surface area (Å²) in [7, 11) is 1.21. The van der Waals surface area contributed by atoms with E-state index in [1.807, 2.05) is 18.2 Å². The zero-order valence-corrected chi connectivity index (χ0v) is 11.6. The van der Waals surface area contributed by atoms with Crippen LogP contribution in [0.1, 0.15) is 12.0 Å². The molecule has 0 fully saturated rings. The molecule has 1 amide bonds. The standard InChI is InChI=1S/C14H18N2O5/c1-21-14(20)11(7-9-5-3-2-4-6-9)16-13(19)10(15)8-12(17)18/h2-6,10-11H,7-8,15H2,1H3,(H,16,19)(H,17,18)/t10-,11?/m0/s1. The number of methoxy groups -OCH3 is 1. The predicted molar refractivity (Wildman–Crippen MR) is 74.3 cm³/mol. The molecule has 0 saturated heterocycles. The second-order valence-corrected chi connectivity index (χ2v) is 4.48. The van der Waals surface area contributed by atoms with Crippen molar-refractivity contribution in [2.75, 3.05) is 7.11 Å². The maximum absolute atomic E-state index is 11.8. The topological polar surface area (TPSA) is 119 Å². The van der Waals surface area contributed by atoms with Crippen molar-refractivity contribution in [3.8, 4) is 0 Å². The van der Waals surface area contributed by atoms with Gasteiger partial charge in [0.15, 0.2) is 0 Å². The quantitative estimate of drug-likeness (QED) is 0.593. The summed E-state index contributed by atoms with van der Waals surface area (Å²) < 4.78 is 4.64. The number of nitrogens with one attached hydrogen (secondary N) is 1. The first kappa shape index (κ1) is 16.6. The minimum absolute atomic E-state index is 0.235. The van der Waals surface area contributed by atoms with Crippen LogP contribution in [-0.4, -0.2) is 42.1 Å². The minimum atomic E-state index is -1.22. The number of hydrogen-bond donors (Lipinski definition) is 3. The zero-order chi connectivity index (χ0) is 15.8. The maximum atomic E-state index is 11.8. The number of esters is 1. The summed E-state index contributed by atoms with van der Waals surface area (Å²) in [6.45, 7) is 0. The molecule has 21 heavy (non-hydrogen) atoms. The predicted octanol–water partition coefficient (Wildman–Crippen LogP) is -0.311. The molecule has 0 radical (unpaired) electrons. The van der Waals surface area contributed by atoms with E-state index in [9.17, 15) is 14.4 Å². The molecule has 0 heterocycles. The van der Waals surface area contributed by atoms with Crippen molar-refractivity contribution in [3.05, 3.63) is 35.9 Å². The van der Waals surface area contributed by atoms with Gasteiger partial charge in [0.25, 0.3) is 0 Å². The Bertz CT molecular complexity index is 503. The van der Waals surface area contributed by atoms with Gasteiger partial charge in [0.1, 0.15) is 6.04 Å². The van der Waals surface area contributed by atoms with E-state index in [0.29, 0.717) is 0 Å². The van der Waals surface area contributed by atoms with Crippen molar-refractivity contribution in [3.63, 3.8) is 0 Å². The van der Waals surface area contributed by atoms with Gasteiger partial charge in [0.2, 0.25) is 5.91 Å². The summed E-state index contributed by atoms with van der Waals surface area (Å²) in [6, 6.07) is 6.93. The van der Waals surface area contributed by atoms with E-state index in [2.05, 4.69) is 10.1 Å². The number of carboxylic acids is 1. The van der Waals surface area contributed by atoms with Crippen molar-refractivity contribution in [2.24, 2.45) is 5.73 Å². The fourth-order valence-corrected chi connectivity index (χ4v) is 1.74. The number of carboxylic acid groups (broad SMARTS) is 1. The van der Waals surface area contributed by atoms with Crippen molar-refractivity contribution in [2.45, 2.75) is 24.9 Å². The second kappa shape index (κ2) is 8.01. The lowest BCUT2D eigenvalue weighted by molar-refractivity contribution is -0.145. The number of aliphatic carboxylic acids is 1. The van der Waals surface area contributed by atoms with Crippen molar-refractivity contribution in [1.29, 1.82) is 0 Å². The number of benzene rings is 1. The molecule has 0 aliphatic carbocycles. The average Bonchev–Trinajstić information content (AvgIpc) is 2.46. The molecular formula is C14H18N2O5. The smallest absolute Gasteiger partial charge is 0.328 e. The van der Waals surface area contributed by atoms with Gasteiger partial charge in [-0.3, -0.25) is 9.59 Å². The third-order valence-corrected chi connectivity index (χ3v) is 2.82. The molecule has 1 rings (SSSR count). The summed E-state index contributed by atoms with van der Waals surface area (Å²) in [5.74, 6) is -2.51. The molecule has 1 unspecified atom stereocenters. The SMILES string of the molecule is COC(=O)C(Cc1ccccc1)NC(=O)[C@@H](N)CC(=O)O. The van der Waals surface area contributed by atoms with E-state index in [4.69, 9.17) is 10.8 Å². The molecule has 7 nitrogen and oxygen atoms in total. The van der Waals surface area contributed by atoms with E-state index in [1.165, 1.54) is 7.11 Å². The van der Waals surface area contributed by atoms with Crippen LogP contribution in [-0.2, 0) is 25.5 Å². The Hall–Kier alpha value is -2.41. The lowest BCUT2D eigenvalue weighted by atomic mass is 10.1. The Balaban J connectivity index is 2.72. The van der Waals surface area contributed by atoms with Crippen LogP contribution in [0.15, 0.2) is 30.3 Å². The van der Waals surface area contributed by atoms with Gasteiger partial charge in [-0.15, -0.1) is 0 Å². The highest BCUT2D eigenvalue weighted by Crippen LogP contribution is 2.05. The van der Waals surface area contributed by atoms with Gasteiger partial charge >= 0.3 is 11.9 Å². The molecule has 0 aromatic heterocycles. The van der Waals surface area contributed by atoms with E-state index in [1.54, 1.807) is 12.1 Å². The van der Waals surface area contributed by atoms with Crippen LogP contribution in [0.25, 0.3) is 0 Å². The third-order valence-electron chi connectivity index (χ3n) is 2.82. The van der Waals surface area contributed by atoms with E-state index < -0.39 is 36.4 Å². The van der Waals surface area contributed by atoms with Crippen molar-refractivity contribution >= 4 is 17.8 Å². The van der Waals surface area contributed by atoms with E-state index >= 15 is 0 Å². The number of carbonyl (C=O) groups is 3. The number of hydrogen-bond acceptors (Lipinski definition) is 5. The van der Waals surface area contributed by atoms with Crippen LogP contribution < -0.4 is 11.1 Å². The van der Waals surface area contributed by atoms with Gasteiger partial charge in [-0.05, 0) is 5.56 Å². The maximum Gasteiger partial charge on any atom is 0.328 e. The van der Waals surface area contributed by atoms with Crippen LogP contribution >= 0.6 is 0 Å². The van der Waals surface area contributed by atoms with Gasteiger partial charge in [0, 0.05) is 6.42 Å². The Morgan fingerprint density at radius 2 is 1.90 bits per heavy atom. The number of ether oxygens (including phenoxy) is 1. The molecule has 0 spiro atoms. The second-order valence-electron chi connectivity index (χ2n) is 4.48. The fraction of sp³-hybridized carbons (Fsp3) is 0.357. The summed E-state index contributed by atoms with van der Waals surface area (Å²) in [4.78, 5) is 34.0. The van der Waals surface area contributed by atoms with E-state index in [0.717, 1.165) is 5.56 Å². The highest BCUT2D eigenvalue weighted by atomic mass is 16.5. The number of amides is 1. The van der Waals surface area contributed by atoms with Gasteiger partial charge < -0.3 is 20.9 Å². The average molecular weight is 294 g/mol. The molecule has 4 N–H and O–H groups in total. The first-order valence-corrected chi connectivity index (χ1v) is 6.33.